The Morgan fingerprint density at radius 1 is 1.19 bits per heavy atom. The van der Waals surface area contributed by atoms with Gasteiger partial charge in [0.1, 0.15) is 0 Å². The van der Waals surface area contributed by atoms with E-state index >= 15 is 0 Å². The molecule has 0 spiro atoms. The van der Waals surface area contributed by atoms with Crippen LogP contribution in [0.25, 0.3) is 11.5 Å². The number of amides is 1. The van der Waals surface area contributed by atoms with Gasteiger partial charge in [0.15, 0.2) is 0 Å². The molecule has 1 fully saturated rings. The molecule has 0 radical (unpaired) electrons. The van der Waals surface area contributed by atoms with Crippen LogP contribution >= 0.6 is 0 Å². The number of carbonyl (C=O) groups excluding carboxylic acids is 1. The second-order valence-electron chi connectivity index (χ2n) is 6.59. The van der Waals surface area contributed by atoms with Crippen LogP contribution in [0.1, 0.15) is 22.2 Å². The third-order valence-corrected chi connectivity index (χ3v) is 4.80. The largest absolute Gasteiger partial charge is 0.420 e. The third kappa shape index (κ3) is 3.59. The molecule has 3 aromatic rings. The fraction of sp³-hybridized carbons (Fsp3) is 0.300. The van der Waals surface area contributed by atoms with E-state index in [0.29, 0.717) is 37.0 Å². The van der Waals surface area contributed by atoms with Crippen LogP contribution in [0, 0.1) is 5.92 Å². The van der Waals surface area contributed by atoms with Crippen LogP contribution in [0.3, 0.4) is 0 Å². The van der Waals surface area contributed by atoms with Crippen LogP contribution in [0.15, 0.2) is 59.3 Å². The zero-order chi connectivity index (χ0) is 18.6. The van der Waals surface area contributed by atoms with Gasteiger partial charge in [-0.25, -0.2) is 0 Å². The van der Waals surface area contributed by atoms with Gasteiger partial charge < -0.3 is 14.1 Å². The summed E-state index contributed by atoms with van der Waals surface area (Å²) in [7, 11) is 1.66. The van der Waals surface area contributed by atoms with Crippen molar-refractivity contribution in [2.45, 2.75) is 5.92 Å². The quantitative estimate of drug-likeness (QED) is 0.692. The van der Waals surface area contributed by atoms with E-state index in [0.717, 1.165) is 5.56 Å². The standard InChI is InChI=1S/C20H20N4O3/c1-26-13-16-11-24(20(25)15-8-5-9-21-10-15)12-17(16)19-23-22-18(27-19)14-6-3-2-4-7-14/h2-10,16-17H,11-13H2,1H3/t16-,17+/m0/s1. The molecule has 0 aliphatic carbocycles. The van der Waals surface area contributed by atoms with E-state index in [2.05, 4.69) is 15.2 Å². The maximum absolute atomic E-state index is 12.8. The predicted octanol–water partition coefficient (Wildman–Crippen LogP) is 2.63. The van der Waals surface area contributed by atoms with Gasteiger partial charge in [-0.15, -0.1) is 10.2 Å². The van der Waals surface area contributed by atoms with E-state index in [-0.39, 0.29) is 17.7 Å². The van der Waals surface area contributed by atoms with Crippen molar-refractivity contribution in [2.75, 3.05) is 26.8 Å². The lowest BCUT2D eigenvalue weighted by Gasteiger charge is -2.15. The first-order valence-corrected chi connectivity index (χ1v) is 8.83. The van der Waals surface area contributed by atoms with E-state index in [1.165, 1.54) is 0 Å². The highest BCUT2D eigenvalue weighted by molar-refractivity contribution is 5.94. The van der Waals surface area contributed by atoms with Crippen LogP contribution in [-0.4, -0.2) is 52.8 Å². The number of carbonyl (C=O) groups is 1. The van der Waals surface area contributed by atoms with Crippen molar-refractivity contribution in [1.82, 2.24) is 20.1 Å². The van der Waals surface area contributed by atoms with Crippen LogP contribution in [0.4, 0.5) is 0 Å². The lowest BCUT2D eigenvalue weighted by atomic mass is 9.97. The Bertz CT molecular complexity index is 898. The Hall–Kier alpha value is -3.06. The first-order chi connectivity index (χ1) is 13.3. The van der Waals surface area contributed by atoms with E-state index in [1.807, 2.05) is 30.3 Å². The normalized spacial score (nSPS) is 19.4. The van der Waals surface area contributed by atoms with Crippen molar-refractivity contribution >= 4 is 5.91 Å². The highest BCUT2D eigenvalue weighted by Crippen LogP contribution is 2.34. The average Bonchev–Trinajstić information content (AvgIpc) is 3.36. The van der Waals surface area contributed by atoms with E-state index in [9.17, 15) is 4.79 Å². The Labute approximate surface area is 157 Å². The molecule has 4 rings (SSSR count). The first-order valence-electron chi connectivity index (χ1n) is 8.83. The molecule has 2 aromatic heterocycles. The van der Waals surface area contributed by atoms with Crippen LogP contribution < -0.4 is 0 Å². The van der Waals surface area contributed by atoms with Gasteiger partial charge in [0.2, 0.25) is 11.8 Å². The van der Waals surface area contributed by atoms with Crippen molar-refractivity contribution in [2.24, 2.45) is 5.92 Å². The summed E-state index contributed by atoms with van der Waals surface area (Å²) >= 11 is 0. The molecule has 138 valence electrons. The number of hydrogen-bond donors (Lipinski definition) is 0. The molecule has 0 N–H and O–H groups in total. The van der Waals surface area contributed by atoms with Crippen LogP contribution in [0.2, 0.25) is 0 Å². The summed E-state index contributed by atoms with van der Waals surface area (Å²) < 4.78 is 11.3. The maximum Gasteiger partial charge on any atom is 0.255 e. The number of pyridine rings is 1. The number of likely N-dealkylation sites (tertiary alicyclic amines) is 1. The Morgan fingerprint density at radius 3 is 2.78 bits per heavy atom. The fourth-order valence-electron chi connectivity index (χ4n) is 3.45. The molecule has 0 saturated carbocycles. The van der Waals surface area contributed by atoms with Gasteiger partial charge in [-0.1, -0.05) is 18.2 Å². The summed E-state index contributed by atoms with van der Waals surface area (Å²) in [5, 5.41) is 8.43. The van der Waals surface area contributed by atoms with Gasteiger partial charge in [0.05, 0.1) is 18.1 Å². The zero-order valence-electron chi connectivity index (χ0n) is 15.0. The number of methoxy groups -OCH3 is 1. The Kier molecular flexibility index (Phi) is 4.93. The predicted molar refractivity (Wildman–Crippen MR) is 98.0 cm³/mol. The molecule has 3 heterocycles. The molecule has 2 atom stereocenters. The minimum atomic E-state index is -0.0597. The Balaban J connectivity index is 1.56. The monoisotopic (exact) mass is 364 g/mol. The van der Waals surface area contributed by atoms with E-state index in [1.54, 1.807) is 36.5 Å². The summed E-state index contributed by atoms with van der Waals surface area (Å²) in [5.41, 5.74) is 1.45. The minimum Gasteiger partial charge on any atom is -0.420 e. The summed E-state index contributed by atoms with van der Waals surface area (Å²) in [6.45, 7) is 1.61. The second kappa shape index (κ2) is 7.67. The van der Waals surface area contributed by atoms with Gasteiger partial charge in [-0.05, 0) is 24.3 Å². The summed E-state index contributed by atoms with van der Waals surface area (Å²) in [4.78, 5) is 18.6. The molecule has 1 saturated heterocycles. The smallest absolute Gasteiger partial charge is 0.255 e. The molecule has 7 heteroatoms. The highest BCUT2D eigenvalue weighted by atomic mass is 16.5. The van der Waals surface area contributed by atoms with Gasteiger partial charge in [-0.3, -0.25) is 9.78 Å². The van der Waals surface area contributed by atoms with Gasteiger partial charge in [0, 0.05) is 44.1 Å². The fourth-order valence-corrected chi connectivity index (χ4v) is 3.45. The summed E-state index contributed by atoms with van der Waals surface area (Å²) in [5.74, 6) is 1.01. The van der Waals surface area contributed by atoms with Crippen LogP contribution in [-0.2, 0) is 4.74 Å². The number of nitrogens with zero attached hydrogens (tertiary/aromatic N) is 4. The molecule has 1 aliphatic rings. The van der Waals surface area contributed by atoms with Gasteiger partial charge >= 0.3 is 0 Å². The molecule has 0 bridgehead atoms. The second-order valence-corrected chi connectivity index (χ2v) is 6.59. The van der Waals surface area contributed by atoms with Crippen molar-refractivity contribution in [3.8, 4) is 11.5 Å². The number of rotatable bonds is 5. The number of ether oxygens (including phenoxy) is 1. The van der Waals surface area contributed by atoms with Crippen molar-refractivity contribution in [3.05, 3.63) is 66.3 Å². The number of aromatic nitrogens is 3. The average molecular weight is 364 g/mol. The van der Waals surface area contributed by atoms with Gasteiger partial charge in [-0.2, -0.15) is 0 Å². The summed E-state index contributed by atoms with van der Waals surface area (Å²) in [6, 6.07) is 13.2. The molecular weight excluding hydrogens is 344 g/mol. The van der Waals surface area contributed by atoms with Gasteiger partial charge in [0.25, 0.3) is 5.91 Å². The lowest BCUT2D eigenvalue weighted by molar-refractivity contribution is 0.0775. The SMILES string of the molecule is COC[C@@H]1CN(C(=O)c2cccnc2)C[C@H]1c1nnc(-c2ccccc2)o1. The van der Waals surface area contributed by atoms with Crippen molar-refractivity contribution in [1.29, 1.82) is 0 Å². The van der Waals surface area contributed by atoms with Crippen LogP contribution in [0.5, 0.6) is 0 Å². The number of hydrogen-bond acceptors (Lipinski definition) is 6. The topological polar surface area (TPSA) is 81.4 Å². The summed E-state index contributed by atoms with van der Waals surface area (Å²) in [6.07, 6.45) is 3.24. The van der Waals surface area contributed by atoms with Crippen molar-refractivity contribution in [3.63, 3.8) is 0 Å². The van der Waals surface area contributed by atoms with Crippen molar-refractivity contribution < 1.29 is 13.9 Å². The highest BCUT2D eigenvalue weighted by Gasteiger charge is 2.39. The minimum absolute atomic E-state index is 0.0468. The molecule has 1 aliphatic heterocycles. The molecule has 7 nitrogen and oxygen atoms in total. The molecule has 1 amide bonds. The Morgan fingerprint density at radius 2 is 2.04 bits per heavy atom. The molecule has 27 heavy (non-hydrogen) atoms. The maximum atomic E-state index is 12.8. The number of benzene rings is 1. The molecule has 1 aromatic carbocycles. The first kappa shape index (κ1) is 17.4. The zero-order valence-corrected chi connectivity index (χ0v) is 15.0. The lowest BCUT2D eigenvalue weighted by Crippen LogP contribution is -2.29. The van der Waals surface area contributed by atoms with E-state index < -0.39 is 0 Å². The van der Waals surface area contributed by atoms with E-state index in [4.69, 9.17) is 9.15 Å². The third-order valence-electron chi connectivity index (χ3n) is 4.80. The molecular formula is C20H20N4O3. The molecule has 0 unspecified atom stereocenters.